The molecule has 0 spiro atoms. The van der Waals surface area contributed by atoms with Gasteiger partial charge in [-0.15, -0.1) is 11.3 Å². The second-order valence-corrected chi connectivity index (χ2v) is 7.24. The fourth-order valence-corrected chi connectivity index (χ4v) is 4.00. The first kappa shape index (κ1) is 16.6. The number of rotatable bonds is 7. The van der Waals surface area contributed by atoms with Crippen molar-refractivity contribution in [1.29, 1.82) is 0 Å². The van der Waals surface area contributed by atoms with Crippen molar-refractivity contribution in [1.82, 2.24) is 20.1 Å². The van der Waals surface area contributed by atoms with Gasteiger partial charge >= 0.3 is 0 Å². The zero-order valence-electron chi connectivity index (χ0n) is 13.1. The van der Waals surface area contributed by atoms with E-state index in [0.717, 1.165) is 41.0 Å². The van der Waals surface area contributed by atoms with Crippen LogP contribution in [0.4, 0.5) is 0 Å². The lowest BCUT2D eigenvalue weighted by molar-refractivity contribution is 0.517. The lowest BCUT2D eigenvalue weighted by Gasteiger charge is -2.17. The van der Waals surface area contributed by atoms with Crippen molar-refractivity contribution in [3.05, 3.63) is 31.9 Å². The van der Waals surface area contributed by atoms with E-state index in [4.69, 9.17) is 0 Å². The zero-order valence-corrected chi connectivity index (χ0v) is 15.5. The minimum Gasteiger partial charge on any atom is -0.309 e. The monoisotopic (exact) mass is 370 g/mol. The molecule has 4 nitrogen and oxygen atoms in total. The Balaban J connectivity index is 2.24. The molecule has 1 N–H and O–H groups in total. The van der Waals surface area contributed by atoms with E-state index in [1.807, 2.05) is 17.9 Å². The van der Waals surface area contributed by atoms with Gasteiger partial charge in [-0.3, -0.25) is 4.68 Å². The largest absolute Gasteiger partial charge is 0.309 e. The molecule has 0 aliphatic heterocycles. The van der Waals surface area contributed by atoms with Crippen LogP contribution in [0.3, 0.4) is 0 Å². The van der Waals surface area contributed by atoms with E-state index in [2.05, 4.69) is 52.1 Å². The highest BCUT2D eigenvalue weighted by atomic mass is 79.9. The summed E-state index contributed by atoms with van der Waals surface area (Å²) in [6.07, 6.45) is 4.99. The molecular formula is C15H23BrN4S. The molecule has 0 radical (unpaired) electrons. The molecule has 1 atom stereocenters. The van der Waals surface area contributed by atoms with Crippen LogP contribution in [0.25, 0.3) is 0 Å². The van der Waals surface area contributed by atoms with E-state index < -0.39 is 0 Å². The van der Waals surface area contributed by atoms with Crippen LogP contribution in [0.15, 0.2) is 10.7 Å². The van der Waals surface area contributed by atoms with E-state index in [-0.39, 0.29) is 0 Å². The number of thiazole rings is 1. The molecule has 2 heterocycles. The molecule has 6 heteroatoms. The maximum absolute atomic E-state index is 4.59. The molecule has 2 aromatic heterocycles. The van der Waals surface area contributed by atoms with Crippen LogP contribution in [-0.2, 0) is 19.9 Å². The van der Waals surface area contributed by atoms with Gasteiger partial charge in [-0.05, 0) is 42.2 Å². The summed E-state index contributed by atoms with van der Waals surface area (Å²) in [5.41, 5.74) is 2.37. The van der Waals surface area contributed by atoms with Gasteiger partial charge in [0.15, 0.2) is 0 Å². The fourth-order valence-electron chi connectivity index (χ4n) is 2.37. The number of nitrogens with zero attached hydrogens (tertiary/aromatic N) is 3. The molecule has 2 rings (SSSR count). The summed E-state index contributed by atoms with van der Waals surface area (Å²) in [5.74, 6) is 0. The molecule has 2 aromatic rings. The first-order valence-corrected chi connectivity index (χ1v) is 9.03. The van der Waals surface area contributed by atoms with E-state index >= 15 is 0 Å². The Hall–Kier alpha value is -0.720. The summed E-state index contributed by atoms with van der Waals surface area (Å²) in [6.45, 7) is 7.39. The van der Waals surface area contributed by atoms with Crippen molar-refractivity contribution >= 4 is 27.3 Å². The highest BCUT2D eigenvalue weighted by Crippen LogP contribution is 2.29. The van der Waals surface area contributed by atoms with Crippen molar-refractivity contribution in [3.63, 3.8) is 0 Å². The normalized spacial score (nSPS) is 12.8. The molecule has 0 aliphatic rings. The van der Waals surface area contributed by atoms with Gasteiger partial charge in [-0.2, -0.15) is 5.10 Å². The molecule has 0 bridgehead atoms. The third kappa shape index (κ3) is 3.93. The van der Waals surface area contributed by atoms with Crippen LogP contribution in [0.2, 0.25) is 0 Å². The summed E-state index contributed by atoms with van der Waals surface area (Å²) in [7, 11) is 2.02. The van der Waals surface area contributed by atoms with E-state index in [1.165, 1.54) is 10.6 Å². The third-order valence-corrected chi connectivity index (χ3v) is 5.47. The lowest BCUT2D eigenvalue weighted by atomic mass is 10.1. The fraction of sp³-hybridized carbons (Fsp3) is 0.600. The van der Waals surface area contributed by atoms with Gasteiger partial charge in [0.2, 0.25) is 0 Å². The van der Waals surface area contributed by atoms with Gasteiger partial charge in [0.05, 0.1) is 20.9 Å². The molecule has 116 valence electrons. The Morgan fingerprint density at radius 2 is 2.19 bits per heavy atom. The minimum atomic E-state index is 0.299. The zero-order chi connectivity index (χ0) is 15.4. The molecule has 0 aromatic carbocycles. The quantitative estimate of drug-likeness (QED) is 0.805. The number of hydrogen-bond donors (Lipinski definition) is 1. The van der Waals surface area contributed by atoms with Crippen molar-refractivity contribution in [2.75, 3.05) is 6.54 Å². The van der Waals surface area contributed by atoms with Gasteiger partial charge in [0.25, 0.3) is 0 Å². The van der Waals surface area contributed by atoms with Gasteiger partial charge in [-0.25, -0.2) is 4.98 Å². The third-order valence-electron chi connectivity index (χ3n) is 3.52. The molecule has 1 unspecified atom stereocenters. The van der Waals surface area contributed by atoms with E-state index in [0.29, 0.717) is 6.04 Å². The first-order valence-electron chi connectivity index (χ1n) is 7.42. The number of aryl methyl sites for hydroxylation is 3. The molecule has 0 fully saturated rings. The Labute approximate surface area is 139 Å². The summed E-state index contributed by atoms with van der Waals surface area (Å²) < 4.78 is 3.15. The van der Waals surface area contributed by atoms with Crippen LogP contribution in [0.5, 0.6) is 0 Å². The summed E-state index contributed by atoms with van der Waals surface area (Å²) >= 11 is 5.48. The highest BCUT2D eigenvalue weighted by Gasteiger charge is 2.20. The molecule has 0 aliphatic carbocycles. The average molecular weight is 371 g/mol. The predicted molar refractivity (Wildman–Crippen MR) is 91.9 cm³/mol. The smallest absolute Gasteiger partial charge is 0.0897 e. The standard InChI is InChI=1S/C15H23BrN4S/c1-5-7-17-12(14-9-18-10(3)21-14)8-13-15(16)11(6-2)19-20(13)4/h9,12,17H,5-8H2,1-4H3. The van der Waals surface area contributed by atoms with Crippen molar-refractivity contribution in [2.45, 2.75) is 46.1 Å². The van der Waals surface area contributed by atoms with E-state index in [1.54, 1.807) is 11.3 Å². The molecule has 21 heavy (non-hydrogen) atoms. The first-order chi connectivity index (χ1) is 10.1. The SMILES string of the molecule is CCCNC(Cc1c(Br)c(CC)nn1C)c1cnc(C)s1. The topological polar surface area (TPSA) is 42.7 Å². The Morgan fingerprint density at radius 1 is 1.43 bits per heavy atom. The van der Waals surface area contributed by atoms with Crippen LogP contribution >= 0.6 is 27.3 Å². The second-order valence-electron chi connectivity index (χ2n) is 5.18. The molecule has 0 amide bonds. The molecular weight excluding hydrogens is 348 g/mol. The second kappa shape index (κ2) is 7.51. The van der Waals surface area contributed by atoms with Gasteiger partial charge in [-0.1, -0.05) is 13.8 Å². The Bertz CT molecular complexity index is 591. The van der Waals surface area contributed by atoms with Crippen LogP contribution in [0, 0.1) is 6.92 Å². The Kier molecular flexibility index (Phi) is 5.96. The number of nitrogens with one attached hydrogen (secondary N) is 1. The maximum Gasteiger partial charge on any atom is 0.0897 e. The molecule has 0 saturated carbocycles. The maximum atomic E-state index is 4.59. The summed E-state index contributed by atoms with van der Waals surface area (Å²) in [4.78, 5) is 5.70. The van der Waals surface area contributed by atoms with Crippen molar-refractivity contribution in [3.8, 4) is 0 Å². The Morgan fingerprint density at radius 3 is 2.71 bits per heavy atom. The van der Waals surface area contributed by atoms with Crippen LogP contribution < -0.4 is 5.32 Å². The van der Waals surface area contributed by atoms with E-state index in [9.17, 15) is 0 Å². The summed E-state index contributed by atoms with van der Waals surface area (Å²) in [6, 6.07) is 0.299. The predicted octanol–water partition coefficient (Wildman–Crippen LogP) is 3.79. The minimum absolute atomic E-state index is 0.299. The van der Waals surface area contributed by atoms with Crippen molar-refractivity contribution < 1.29 is 0 Å². The average Bonchev–Trinajstić information content (AvgIpc) is 3.00. The lowest BCUT2D eigenvalue weighted by Crippen LogP contribution is -2.24. The highest BCUT2D eigenvalue weighted by molar-refractivity contribution is 9.10. The number of aromatic nitrogens is 3. The molecule has 0 saturated heterocycles. The van der Waals surface area contributed by atoms with Gasteiger partial charge < -0.3 is 5.32 Å². The van der Waals surface area contributed by atoms with Crippen LogP contribution in [-0.4, -0.2) is 21.3 Å². The van der Waals surface area contributed by atoms with Crippen molar-refractivity contribution in [2.24, 2.45) is 7.05 Å². The van der Waals surface area contributed by atoms with Gasteiger partial charge in [0, 0.05) is 30.6 Å². The summed E-state index contributed by atoms with van der Waals surface area (Å²) in [5, 5.41) is 9.35. The number of halogens is 1. The van der Waals surface area contributed by atoms with Crippen LogP contribution in [0.1, 0.15) is 47.6 Å². The van der Waals surface area contributed by atoms with Gasteiger partial charge in [0.1, 0.15) is 0 Å². The number of hydrogen-bond acceptors (Lipinski definition) is 4.